The lowest BCUT2D eigenvalue weighted by atomic mass is 10.1. The highest BCUT2D eigenvalue weighted by atomic mass is 35.5. The minimum Gasteiger partial charge on any atom is -0.492 e. The maximum absolute atomic E-state index is 12.6. The van der Waals surface area contributed by atoms with Gasteiger partial charge in [-0.05, 0) is 69.9 Å². The third-order valence-corrected chi connectivity index (χ3v) is 6.05. The quantitative estimate of drug-likeness (QED) is 0.212. The Labute approximate surface area is 233 Å². The van der Waals surface area contributed by atoms with E-state index in [2.05, 4.69) is 20.6 Å². The van der Waals surface area contributed by atoms with Crippen LogP contribution < -0.4 is 20.1 Å². The number of carbonyl (C=O) groups excluding carboxylic acids is 1. The molecule has 0 fully saturated rings. The fourth-order valence-electron chi connectivity index (χ4n) is 3.88. The number of halogens is 1. The molecule has 0 aliphatic rings. The molecule has 202 valence electrons. The summed E-state index contributed by atoms with van der Waals surface area (Å²) in [5.74, 6) is 0.886. The highest BCUT2D eigenvalue weighted by Crippen LogP contribution is 2.37. The summed E-state index contributed by atoms with van der Waals surface area (Å²) < 4.78 is 11.7. The van der Waals surface area contributed by atoms with Gasteiger partial charge in [0.2, 0.25) is 5.91 Å². The number of nitrogens with zero attached hydrogens (tertiary/aromatic N) is 3. The first-order chi connectivity index (χ1) is 18.8. The minimum atomic E-state index is -0.236. The van der Waals surface area contributed by atoms with Crippen LogP contribution in [0.1, 0.15) is 18.2 Å². The summed E-state index contributed by atoms with van der Waals surface area (Å²) in [7, 11) is 3.89. The molecule has 4 rings (SSSR count). The van der Waals surface area contributed by atoms with E-state index in [9.17, 15) is 4.79 Å². The average molecular weight is 546 g/mol. The van der Waals surface area contributed by atoms with Crippen molar-refractivity contribution >= 4 is 45.5 Å². The Balaban J connectivity index is 1.60. The number of fused-ring (bicyclic) bond motifs is 1. The average Bonchev–Trinajstić information content (AvgIpc) is 2.91. The molecule has 0 unspecified atom stereocenters. The van der Waals surface area contributed by atoms with Crippen molar-refractivity contribution in [2.24, 2.45) is 0 Å². The number of hydrogen-bond donors (Lipinski definition) is 2. The third-order valence-electron chi connectivity index (χ3n) is 5.76. The predicted molar refractivity (Wildman–Crippen MR) is 157 cm³/mol. The van der Waals surface area contributed by atoms with Gasteiger partial charge >= 0.3 is 0 Å². The molecule has 9 heteroatoms. The molecule has 0 atom stereocenters. The van der Waals surface area contributed by atoms with E-state index in [0.29, 0.717) is 42.0 Å². The van der Waals surface area contributed by atoms with Crippen molar-refractivity contribution in [3.63, 3.8) is 0 Å². The molecule has 2 N–H and O–H groups in total. The number of anilines is 3. The Morgan fingerprint density at radius 2 is 1.92 bits per heavy atom. The van der Waals surface area contributed by atoms with Gasteiger partial charge in [0.1, 0.15) is 18.1 Å². The van der Waals surface area contributed by atoms with Gasteiger partial charge in [0.05, 0.1) is 34.2 Å². The highest BCUT2D eigenvalue weighted by molar-refractivity contribution is 6.32. The number of amides is 1. The van der Waals surface area contributed by atoms with Crippen LogP contribution in [0, 0.1) is 6.92 Å². The lowest BCUT2D eigenvalue weighted by molar-refractivity contribution is -0.111. The predicted octanol–water partition coefficient (Wildman–Crippen LogP) is 6.37. The summed E-state index contributed by atoms with van der Waals surface area (Å²) in [4.78, 5) is 23.5. The zero-order valence-corrected chi connectivity index (χ0v) is 23.2. The minimum absolute atomic E-state index is 0.236. The molecule has 0 saturated heterocycles. The van der Waals surface area contributed by atoms with Gasteiger partial charge in [-0.1, -0.05) is 23.7 Å². The molecule has 0 aliphatic carbocycles. The maximum atomic E-state index is 12.6. The molecular formula is C30H32ClN5O3. The standard InChI is InChI=1S/C30H32ClN5O3/c1-5-38-28-17-25-23(16-26(28)35-29(37)10-8-14-36(3)4)30(20(2)18-33-25)34-21-11-12-27(24(31)15-21)39-19-22-9-6-7-13-32-22/h6-13,15-18H,5,14,19H2,1-4H3,(H,33,34)(H,35,37)/b10-8+. The summed E-state index contributed by atoms with van der Waals surface area (Å²) in [5, 5.41) is 7.72. The van der Waals surface area contributed by atoms with Crippen molar-refractivity contribution in [2.75, 3.05) is 37.9 Å². The lowest BCUT2D eigenvalue weighted by Crippen LogP contribution is -2.13. The second-order valence-corrected chi connectivity index (χ2v) is 9.56. The smallest absolute Gasteiger partial charge is 0.248 e. The zero-order valence-electron chi connectivity index (χ0n) is 22.5. The lowest BCUT2D eigenvalue weighted by Gasteiger charge is -2.17. The number of aromatic nitrogens is 2. The monoisotopic (exact) mass is 545 g/mol. The van der Waals surface area contributed by atoms with E-state index in [-0.39, 0.29) is 5.91 Å². The van der Waals surface area contributed by atoms with Crippen LogP contribution in [0.25, 0.3) is 10.9 Å². The molecule has 1 amide bonds. The summed E-state index contributed by atoms with van der Waals surface area (Å²) in [6, 6.07) is 14.9. The van der Waals surface area contributed by atoms with E-state index in [0.717, 1.165) is 33.5 Å². The summed E-state index contributed by atoms with van der Waals surface area (Å²) in [6.45, 7) is 5.31. The Bertz CT molecular complexity index is 1470. The van der Waals surface area contributed by atoms with Crippen LogP contribution in [0.15, 0.2) is 73.1 Å². The van der Waals surface area contributed by atoms with Gasteiger partial charge in [0, 0.05) is 42.2 Å². The number of benzene rings is 2. The molecule has 0 spiro atoms. The number of aryl methyl sites for hydroxylation is 1. The van der Waals surface area contributed by atoms with Crippen molar-refractivity contribution in [1.29, 1.82) is 0 Å². The van der Waals surface area contributed by atoms with Gasteiger partial charge < -0.3 is 25.0 Å². The van der Waals surface area contributed by atoms with E-state index >= 15 is 0 Å². The van der Waals surface area contributed by atoms with Crippen LogP contribution in [0.5, 0.6) is 11.5 Å². The Morgan fingerprint density at radius 3 is 2.64 bits per heavy atom. The summed E-state index contributed by atoms with van der Waals surface area (Å²) in [5.41, 5.74) is 4.68. The normalized spacial score (nSPS) is 11.2. The molecule has 2 aromatic heterocycles. The van der Waals surface area contributed by atoms with Crippen molar-refractivity contribution in [3.8, 4) is 11.5 Å². The molecule has 39 heavy (non-hydrogen) atoms. The molecule has 4 aromatic rings. The van der Waals surface area contributed by atoms with Crippen LogP contribution in [-0.2, 0) is 11.4 Å². The van der Waals surface area contributed by atoms with Crippen molar-refractivity contribution in [2.45, 2.75) is 20.5 Å². The fourth-order valence-corrected chi connectivity index (χ4v) is 4.11. The highest BCUT2D eigenvalue weighted by Gasteiger charge is 2.14. The molecule has 2 heterocycles. The molecule has 8 nitrogen and oxygen atoms in total. The van der Waals surface area contributed by atoms with Gasteiger partial charge in [0.15, 0.2) is 0 Å². The van der Waals surface area contributed by atoms with Crippen molar-refractivity contribution < 1.29 is 14.3 Å². The van der Waals surface area contributed by atoms with E-state index in [1.807, 2.05) is 87.4 Å². The largest absolute Gasteiger partial charge is 0.492 e. The van der Waals surface area contributed by atoms with Crippen LogP contribution in [0.2, 0.25) is 5.02 Å². The van der Waals surface area contributed by atoms with E-state index in [1.54, 1.807) is 12.4 Å². The van der Waals surface area contributed by atoms with E-state index in [1.165, 1.54) is 6.08 Å². The number of rotatable bonds is 11. The maximum Gasteiger partial charge on any atom is 0.248 e. The van der Waals surface area contributed by atoms with Gasteiger partial charge in [-0.3, -0.25) is 14.8 Å². The second kappa shape index (κ2) is 13.1. The molecule has 0 bridgehead atoms. The number of pyridine rings is 2. The van der Waals surface area contributed by atoms with E-state index < -0.39 is 0 Å². The topological polar surface area (TPSA) is 88.6 Å². The number of ether oxygens (including phenoxy) is 2. The zero-order chi connectivity index (χ0) is 27.8. The first-order valence-corrected chi connectivity index (χ1v) is 13.0. The Kier molecular flexibility index (Phi) is 9.35. The molecule has 0 aliphatic heterocycles. The summed E-state index contributed by atoms with van der Waals surface area (Å²) in [6.07, 6.45) is 6.86. The summed E-state index contributed by atoms with van der Waals surface area (Å²) >= 11 is 6.55. The molecule has 2 aromatic carbocycles. The second-order valence-electron chi connectivity index (χ2n) is 9.15. The van der Waals surface area contributed by atoms with Crippen molar-refractivity contribution in [3.05, 3.63) is 89.4 Å². The van der Waals surface area contributed by atoms with Gasteiger partial charge in [0.25, 0.3) is 0 Å². The number of hydrogen-bond acceptors (Lipinski definition) is 7. The van der Waals surface area contributed by atoms with Gasteiger partial charge in [-0.25, -0.2) is 0 Å². The van der Waals surface area contributed by atoms with Gasteiger partial charge in [-0.2, -0.15) is 0 Å². The molecule has 0 radical (unpaired) electrons. The van der Waals surface area contributed by atoms with Gasteiger partial charge in [-0.15, -0.1) is 0 Å². The SMILES string of the molecule is CCOc1cc2ncc(C)c(Nc3ccc(OCc4ccccn4)c(Cl)c3)c2cc1NC(=O)/C=C/CN(C)C. The van der Waals surface area contributed by atoms with Crippen LogP contribution in [0.4, 0.5) is 17.1 Å². The Hall–Kier alpha value is -4.14. The molecular weight excluding hydrogens is 514 g/mol. The van der Waals surface area contributed by atoms with Crippen LogP contribution in [0.3, 0.4) is 0 Å². The first kappa shape index (κ1) is 27.9. The molecule has 0 saturated carbocycles. The number of likely N-dealkylation sites (N-methyl/N-ethyl adjacent to an activating group) is 1. The number of nitrogens with one attached hydrogen (secondary N) is 2. The van der Waals surface area contributed by atoms with Crippen LogP contribution in [-0.4, -0.2) is 48.0 Å². The number of carbonyl (C=O) groups is 1. The Morgan fingerprint density at radius 1 is 1.08 bits per heavy atom. The first-order valence-electron chi connectivity index (χ1n) is 12.6. The fraction of sp³-hybridized carbons (Fsp3) is 0.233. The van der Waals surface area contributed by atoms with E-state index in [4.69, 9.17) is 21.1 Å². The third kappa shape index (κ3) is 7.46. The van der Waals surface area contributed by atoms with Crippen molar-refractivity contribution in [1.82, 2.24) is 14.9 Å². The van der Waals surface area contributed by atoms with Crippen LogP contribution >= 0.6 is 11.6 Å².